The number of rotatable bonds is 28. The smallest absolute Gasteiger partial charge is 0.0661 e. The average molecular weight is 523 g/mol. The summed E-state index contributed by atoms with van der Waals surface area (Å²) in [4.78, 5) is 0. The van der Waals surface area contributed by atoms with Crippen molar-refractivity contribution in [3.63, 3.8) is 0 Å². The summed E-state index contributed by atoms with van der Waals surface area (Å²) in [6.45, 7) is 18.9. The molecular weight excluding hydrogens is 448 g/mol. The summed E-state index contributed by atoms with van der Waals surface area (Å²) in [6, 6.07) is 0. The second-order valence-electron chi connectivity index (χ2n) is 13.5. The van der Waals surface area contributed by atoms with Gasteiger partial charge in [0.15, 0.2) is 0 Å². The van der Waals surface area contributed by atoms with E-state index in [1.165, 1.54) is 154 Å². The van der Waals surface area contributed by atoms with Crippen molar-refractivity contribution in [1.29, 1.82) is 0 Å². The summed E-state index contributed by atoms with van der Waals surface area (Å²) >= 11 is 0. The van der Waals surface area contributed by atoms with Crippen LogP contribution in [0.2, 0.25) is 0 Å². The fourth-order valence-corrected chi connectivity index (χ4v) is 6.69. The van der Waals surface area contributed by atoms with Crippen LogP contribution in [0.15, 0.2) is 0 Å². The highest BCUT2D eigenvalue weighted by atomic mass is 16.5. The van der Waals surface area contributed by atoms with Crippen molar-refractivity contribution in [2.24, 2.45) is 11.8 Å². The molecule has 0 fully saturated rings. The molecule has 1 nitrogen and oxygen atoms in total. The molecule has 0 aromatic rings. The summed E-state index contributed by atoms with van der Waals surface area (Å²) in [7, 11) is 0. The molecule has 0 amide bonds. The molecule has 224 valence electrons. The summed E-state index contributed by atoms with van der Waals surface area (Å²) in [5.74, 6) is 1.33. The molecule has 0 radical (unpaired) electrons. The molecule has 0 saturated heterocycles. The first-order valence-corrected chi connectivity index (χ1v) is 17.4. The van der Waals surface area contributed by atoms with Gasteiger partial charge in [-0.15, -0.1) is 0 Å². The SMILES string of the molecule is CCCCCCCCCCCCC(CC)C(C)(C)OC(C)(C)C(CC)CCCCCCCCCCCC. The lowest BCUT2D eigenvalue weighted by atomic mass is 9.80. The minimum Gasteiger partial charge on any atom is -0.369 e. The molecule has 2 atom stereocenters. The van der Waals surface area contributed by atoms with Crippen molar-refractivity contribution in [3.8, 4) is 0 Å². The van der Waals surface area contributed by atoms with Crippen LogP contribution >= 0.6 is 0 Å². The Labute approximate surface area is 237 Å². The van der Waals surface area contributed by atoms with Crippen LogP contribution in [0.25, 0.3) is 0 Å². The highest BCUT2D eigenvalue weighted by Gasteiger charge is 2.38. The number of ether oxygens (including phenoxy) is 1. The largest absolute Gasteiger partial charge is 0.369 e. The average Bonchev–Trinajstić information content (AvgIpc) is 2.85. The molecule has 0 heterocycles. The van der Waals surface area contributed by atoms with Gasteiger partial charge in [-0.2, -0.15) is 0 Å². The van der Waals surface area contributed by atoms with E-state index in [4.69, 9.17) is 4.74 Å². The van der Waals surface area contributed by atoms with E-state index >= 15 is 0 Å². The monoisotopic (exact) mass is 523 g/mol. The molecule has 0 N–H and O–H groups in total. The molecule has 0 aliphatic heterocycles. The Morgan fingerprint density at radius 2 is 0.622 bits per heavy atom. The Hall–Kier alpha value is -0.0400. The van der Waals surface area contributed by atoms with E-state index in [1.807, 2.05) is 0 Å². The van der Waals surface area contributed by atoms with Gasteiger partial charge in [-0.25, -0.2) is 0 Å². The lowest BCUT2D eigenvalue weighted by molar-refractivity contribution is -0.176. The van der Waals surface area contributed by atoms with Gasteiger partial charge in [0.05, 0.1) is 11.2 Å². The number of unbranched alkanes of at least 4 members (excludes halogenated alkanes) is 18. The maximum atomic E-state index is 7.02. The van der Waals surface area contributed by atoms with Gasteiger partial charge in [-0.05, 0) is 52.4 Å². The molecule has 1 heteroatoms. The Morgan fingerprint density at radius 3 is 0.865 bits per heavy atom. The standard InChI is InChI=1S/C36H74O/c1-9-13-15-17-19-21-23-25-27-29-31-33(11-3)35(5,6)37-36(7,8)34(12-4)32-30-28-26-24-22-20-18-16-14-10-2/h33-34H,9-32H2,1-8H3. The molecule has 0 spiro atoms. The van der Waals surface area contributed by atoms with E-state index in [0.717, 1.165) is 0 Å². The lowest BCUT2D eigenvalue weighted by Gasteiger charge is -2.44. The second-order valence-corrected chi connectivity index (χ2v) is 13.5. The van der Waals surface area contributed by atoms with Gasteiger partial charge in [0.1, 0.15) is 0 Å². The summed E-state index contributed by atoms with van der Waals surface area (Å²) in [6.07, 6.45) is 33.5. The molecule has 2 unspecified atom stereocenters. The van der Waals surface area contributed by atoms with Gasteiger partial charge in [0.25, 0.3) is 0 Å². The zero-order chi connectivity index (χ0) is 27.8. The van der Waals surface area contributed by atoms with Crippen LogP contribution in [0.3, 0.4) is 0 Å². The van der Waals surface area contributed by atoms with Gasteiger partial charge in [0.2, 0.25) is 0 Å². The van der Waals surface area contributed by atoms with Crippen molar-refractivity contribution in [3.05, 3.63) is 0 Å². The van der Waals surface area contributed by atoms with Crippen molar-refractivity contribution in [1.82, 2.24) is 0 Å². The van der Waals surface area contributed by atoms with Crippen LogP contribution in [0.5, 0.6) is 0 Å². The highest BCUT2D eigenvalue weighted by Crippen LogP contribution is 2.38. The predicted octanol–water partition coefficient (Wildman–Crippen LogP) is 13.2. The van der Waals surface area contributed by atoms with Gasteiger partial charge in [0, 0.05) is 0 Å². The van der Waals surface area contributed by atoms with Crippen LogP contribution in [0, 0.1) is 11.8 Å². The molecule has 0 rings (SSSR count). The third-order valence-corrected chi connectivity index (χ3v) is 9.29. The Balaban J connectivity index is 4.25. The first kappa shape index (κ1) is 37.0. The molecule has 0 aliphatic rings. The fourth-order valence-electron chi connectivity index (χ4n) is 6.69. The van der Waals surface area contributed by atoms with Gasteiger partial charge >= 0.3 is 0 Å². The zero-order valence-corrected chi connectivity index (χ0v) is 27.5. The first-order chi connectivity index (χ1) is 17.7. The van der Waals surface area contributed by atoms with Crippen LogP contribution in [-0.2, 0) is 4.74 Å². The van der Waals surface area contributed by atoms with Crippen LogP contribution in [-0.4, -0.2) is 11.2 Å². The lowest BCUT2D eigenvalue weighted by Crippen LogP contribution is -2.46. The van der Waals surface area contributed by atoms with Crippen molar-refractivity contribution < 1.29 is 4.74 Å². The Kier molecular flexibility index (Phi) is 23.8. The summed E-state index contributed by atoms with van der Waals surface area (Å²) < 4.78 is 7.02. The Morgan fingerprint density at radius 1 is 0.378 bits per heavy atom. The van der Waals surface area contributed by atoms with E-state index in [2.05, 4.69) is 55.4 Å². The maximum absolute atomic E-state index is 7.02. The normalized spacial score (nSPS) is 14.3. The van der Waals surface area contributed by atoms with Crippen LogP contribution in [0.1, 0.15) is 209 Å². The van der Waals surface area contributed by atoms with Gasteiger partial charge < -0.3 is 4.74 Å². The third kappa shape index (κ3) is 19.6. The van der Waals surface area contributed by atoms with Gasteiger partial charge in [-0.3, -0.25) is 0 Å². The molecule has 37 heavy (non-hydrogen) atoms. The van der Waals surface area contributed by atoms with Crippen molar-refractivity contribution >= 4 is 0 Å². The number of hydrogen-bond acceptors (Lipinski definition) is 1. The molecule has 0 aromatic carbocycles. The minimum absolute atomic E-state index is 0.0390. The molecule has 0 saturated carbocycles. The quantitative estimate of drug-likeness (QED) is 0.0928. The third-order valence-electron chi connectivity index (χ3n) is 9.29. The number of hydrogen-bond donors (Lipinski definition) is 0. The van der Waals surface area contributed by atoms with Crippen LogP contribution in [0.4, 0.5) is 0 Å². The topological polar surface area (TPSA) is 9.23 Å². The summed E-state index contributed by atoms with van der Waals surface area (Å²) in [5, 5.41) is 0. The summed E-state index contributed by atoms with van der Waals surface area (Å²) in [5.41, 5.74) is -0.0779. The van der Waals surface area contributed by atoms with Crippen LogP contribution < -0.4 is 0 Å². The Bertz CT molecular complexity index is 423. The van der Waals surface area contributed by atoms with Crippen molar-refractivity contribution in [2.45, 2.75) is 221 Å². The fraction of sp³-hybridized carbons (Fsp3) is 1.00. The molecular formula is C36H74O. The second kappa shape index (κ2) is 23.8. The highest BCUT2D eigenvalue weighted by molar-refractivity contribution is 4.87. The van der Waals surface area contributed by atoms with E-state index in [9.17, 15) is 0 Å². The predicted molar refractivity (Wildman–Crippen MR) is 170 cm³/mol. The van der Waals surface area contributed by atoms with E-state index in [0.29, 0.717) is 11.8 Å². The molecule has 0 aliphatic carbocycles. The zero-order valence-electron chi connectivity index (χ0n) is 27.5. The van der Waals surface area contributed by atoms with E-state index in [-0.39, 0.29) is 11.2 Å². The van der Waals surface area contributed by atoms with E-state index < -0.39 is 0 Å². The van der Waals surface area contributed by atoms with E-state index in [1.54, 1.807) is 0 Å². The van der Waals surface area contributed by atoms with Crippen molar-refractivity contribution in [2.75, 3.05) is 0 Å². The minimum atomic E-state index is -0.0390. The first-order valence-electron chi connectivity index (χ1n) is 17.4. The molecule has 0 aromatic heterocycles. The maximum Gasteiger partial charge on any atom is 0.0661 e. The molecule has 0 bridgehead atoms. The van der Waals surface area contributed by atoms with Gasteiger partial charge in [-0.1, -0.05) is 169 Å².